The Bertz CT molecular complexity index is 865. The van der Waals surface area contributed by atoms with E-state index < -0.39 is 0 Å². The maximum atomic E-state index is 13.3. The van der Waals surface area contributed by atoms with Gasteiger partial charge in [-0.15, -0.1) is 0 Å². The summed E-state index contributed by atoms with van der Waals surface area (Å²) in [4.78, 5) is 21.8. The second-order valence-electron chi connectivity index (χ2n) is 8.76. The second kappa shape index (κ2) is 7.88. The molecule has 1 N–H and O–H groups in total. The van der Waals surface area contributed by atoms with Crippen LogP contribution in [0.2, 0.25) is 0 Å². The van der Waals surface area contributed by atoms with Crippen LogP contribution in [0.3, 0.4) is 0 Å². The quantitative estimate of drug-likeness (QED) is 0.867. The van der Waals surface area contributed by atoms with Gasteiger partial charge in [0.2, 0.25) is 0 Å². The number of anilines is 1. The number of nitrogens with zero attached hydrogens (tertiary/aromatic N) is 3. The van der Waals surface area contributed by atoms with Gasteiger partial charge in [-0.05, 0) is 42.5 Å². The average molecular weight is 392 g/mol. The Morgan fingerprint density at radius 2 is 1.93 bits per heavy atom. The van der Waals surface area contributed by atoms with Crippen molar-refractivity contribution >= 4 is 11.6 Å². The van der Waals surface area contributed by atoms with Crippen LogP contribution in [-0.4, -0.2) is 52.7 Å². The zero-order valence-corrected chi connectivity index (χ0v) is 16.8. The molecule has 5 heteroatoms. The lowest BCUT2D eigenvalue weighted by molar-refractivity contribution is -0.0545. The summed E-state index contributed by atoms with van der Waals surface area (Å²) in [6.07, 6.45) is 9.93. The maximum absolute atomic E-state index is 13.3. The Hall–Kier alpha value is -2.24. The van der Waals surface area contributed by atoms with Crippen molar-refractivity contribution in [3.05, 3.63) is 59.9 Å². The van der Waals surface area contributed by atoms with Crippen molar-refractivity contribution in [2.24, 2.45) is 5.92 Å². The SMILES string of the molecule is O=C(c1cccnc1)N1C[C@@H]2[C@H](c3ccccc31)[C@H](CO)N2CC1CCCCC1. The van der Waals surface area contributed by atoms with Gasteiger partial charge < -0.3 is 10.0 Å². The van der Waals surface area contributed by atoms with E-state index in [4.69, 9.17) is 0 Å². The molecule has 2 aromatic rings. The molecular formula is C24H29N3O2. The van der Waals surface area contributed by atoms with Crippen LogP contribution < -0.4 is 4.90 Å². The van der Waals surface area contributed by atoms with Crippen molar-refractivity contribution in [3.8, 4) is 0 Å². The van der Waals surface area contributed by atoms with E-state index in [1.807, 2.05) is 35.2 Å². The second-order valence-corrected chi connectivity index (χ2v) is 8.76. The Morgan fingerprint density at radius 3 is 2.69 bits per heavy atom. The first-order chi connectivity index (χ1) is 14.3. The fourth-order valence-corrected chi connectivity index (χ4v) is 5.74. The lowest BCUT2D eigenvalue weighted by Crippen LogP contribution is -2.69. The highest BCUT2D eigenvalue weighted by Crippen LogP contribution is 2.49. The molecule has 3 heterocycles. The van der Waals surface area contributed by atoms with Gasteiger partial charge in [0.15, 0.2) is 0 Å². The predicted octanol–water partition coefficient (Wildman–Crippen LogP) is 3.45. The number of para-hydroxylation sites is 1. The summed E-state index contributed by atoms with van der Waals surface area (Å²) in [5.41, 5.74) is 2.80. The van der Waals surface area contributed by atoms with Crippen LogP contribution >= 0.6 is 0 Å². The first-order valence-electron chi connectivity index (χ1n) is 11.0. The number of amides is 1. The van der Waals surface area contributed by atoms with Crippen molar-refractivity contribution in [2.75, 3.05) is 24.6 Å². The number of hydrogen-bond acceptors (Lipinski definition) is 4. The molecule has 2 aliphatic heterocycles. The highest BCUT2D eigenvalue weighted by atomic mass is 16.3. The van der Waals surface area contributed by atoms with Crippen LogP contribution in [0.25, 0.3) is 0 Å². The van der Waals surface area contributed by atoms with Gasteiger partial charge in [-0.25, -0.2) is 0 Å². The van der Waals surface area contributed by atoms with Crippen LogP contribution in [0.15, 0.2) is 48.8 Å². The Kier molecular flexibility index (Phi) is 5.10. The maximum Gasteiger partial charge on any atom is 0.259 e. The minimum Gasteiger partial charge on any atom is -0.395 e. The number of aliphatic hydroxyl groups excluding tert-OH is 1. The third kappa shape index (κ3) is 3.26. The van der Waals surface area contributed by atoms with Gasteiger partial charge in [0.05, 0.1) is 12.2 Å². The minimum atomic E-state index is 0.00839. The summed E-state index contributed by atoms with van der Waals surface area (Å²) in [5, 5.41) is 10.2. The average Bonchev–Trinajstić information content (AvgIpc) is 2.78. The van der Waals surface area contributed by atoms with Crippen molar-refractivity contribution in [2.45, 2.75) is 50.1 Å². The van der Waals surface area contributed by atoms with Crippen LogP contribution in [0.1, 0.15) is 53.9 Å². The summed E-state index contributed by atoms with van der Waals surface area (Å²) in [7, 11) is 0. The van der Waals surface area contributed by atoms with E-state index >= 15 is 0 Å². The molecule has 1 aliphatic carbocycles. The Morgan fingerprint density at radius 1 is 1.10 bits per heavy atom. The molecule has 5 nitrogen and oxygen atoms in total. The molecular weight excluding hydrogens is 362 g/mol. The molecule has 1 aromatic carbocycles. The summed E-state index contributed by atoms with van der Waals surface area (Å²) >= 11 is 0. The molecule has 0 spiro atoms. The zero-order chi connectivity index (χ0) is 19.8. The van der Waals surface area contributed by atoms with Crippen molar-refractivity contribution in [1.29, 1.82) is 0 Å². The molecule has 3 atom stereocenters. The van der Waals surface area contributed by atoms with E-state index in [0.717, 1.165) is 18.2 Å². The smallest absolute Gasteiger partial charge is 0.259 e. The molecule has 152 valence electrons. The van der Waals surface area contributed by atoms with E-state index in [1.54, 1.807) is 12.4 Å². The molecule has 0 bridgehead atoms. The summed E-state index contributed by atoms with van der Waals surface area (Å²) in [6.45, 7) is 1.90. The lowest BCUT2D eigenvalue weighted by Gasteiger charge is -2.60. The van der Waals surface area contributed by atoms with E-state index in [2.05, 4.69) is 16.0 Å². The Labute approximate surface area is 172 Å². The number of fused-ring (bicyclic) bond motifs is 3. The fraction of sp³-hybridized carbons (Fsp3) is 0.500. The molecule has 1 aromatic heterocycles. The number of carbonyl (C=O) groups is 1. The molecule has 2 fully saturated rings. The van der Waals surface area contributed by atoms with Gasteiger partial charge in [-0.3, -0.25) is 14.7 Å². The van der Waals surface area contributed by atoms with Crippen LogP contribution in [0.4, 0.5) is 5.69 Å². The number of aliphatic hydroxyl groups is 1. The van der Waals surface area contributed by atoms with Crippen molar-refractivity contribution in [1.82, 2.24) is 9.88 Å². The molecule has 5 rings (SSSR count). The van der Waals surface area contributed by atoms with Gasteiger partial charge in [0.25, 0.3) is 5.91 Å². The number of carbonyl (C=O) groups excluding carboxylic acids is 1. The van der Waals surface area contributed by atoms with E-state index in [-0.39, 0.29) is 24.6 Å². The van der Waals surface area contributed by atoms with Crippen LogP contribution in [-0.2, 0) is 0 Å². The van der Waals surface area contributed by atoms with Crippen LogP contribution in [0, 0.1) is 5.92 Å². The number of pyridine rings is 1. The van der Waals surface area contributed by atoms with Gasteiger partial charge in [-0.1, -0.05) is 37.5 Å². The number of rotatable bonds is 4. The third-order valence-electron chi connectivity index (χ3n) is 7.17. The molecule has 29 heavy (non-hydrogen) atoms. The predicted molar refractivity (Wildman–Crippen MR) is 113 cm³/mol. The summed E-state index contributed by atoms with van der Waals surface area (Å²) in [6, 6.07) is 12.3. The number of likely N-dealkylation sites (tertiary alicyclic amines) is 1. The lowest BCUT2D eigenvalue weighted by atomic mass is 9.71. The fourth-order valence-electron chi connectivity index (χ4n) is 5.74. The number of benzene rings is 1. The highest BCUT2D eigenvalue weighted by molar-refractivity contribution is 6.06. The van der Waals surface area contributed by atoms with Crippen molar-refractivity contribution < 1.29 is 9.90 Å². The molecule has 0 radical (unpaired) electrons. The summed E-state index contributed by atoms with van der Waals surface area (Å²) < 4.78 is 0. The first-order valence-corrected chi connectivity index (χ1v) is 11.0. The summed E-state index contributed by atoms with van der Waals surface area (Å²) in [5.74, 6) is 1.03. The standard InChI is InChI=1S/C24H29N3O2/c28-16-22-23-19-10-4-5-11-20(19)27(24(29)18-9-6-12-25-13-18)15-21(23)26(22)14-17-7-2-1-3-8-17/h4-6,9-13,17,21-23,28H,1-3,7-8,14-16H2/t21-,22+,23+/m1/s1. The Balaban J connectivity index is 1.45. The van der Waals surface area contributed by atoms with Gasteiger partial charge in [0, 0.05) is 49.2 Å². The zero-order valence-electron chi connectivity index (χ0n) is 16.8. The topological polar surface area (TPSA) is 56.7 Å². The van der Waals surface area contributed by atoms with E-state index in [1.165, 1.54) is 37.7 Å². The molecule has 1 saturated carbocycles. The minimum absolute atomic E-state index is 0.00839. The van der Waals surface area contributed by atoms with Crippen LogP contribution in [0.5, 0.6) is 0 Å². The molecule has 1 amide bonds. The number of hydrogen-bond donors (Lipinski definition) is 1. The monoisotopic (exact) mass is 391 g/mol. The largest absolute Gasteiger partial charge is 0.395 e. The van der Waals surface area contributed by atoms with E-state index in [0.29, 0.717) is 18.0 Å². The van der Waals surface area contributed by atoms with Gasteiger partial charge in [-0.2, -0.15) is 0 Å². The molecule has 3 aliphatic rings. The molecule has 1 saturated heterocycles. The molecule has 0 unspecified atom stereocenters. The normalized spacial score (nSPS) is 27.1. The highest BCUT2D eigenvalue weighted by Gasteiger charge is 2.53. The van der Waals surface area contributed by atoms with Crippen molar-refractivity contribution in [3.63, 3.8) is 0 Å². The first kappa shape index (κ1) is 18.8. The van der Waals surface area contributed by atoms with E-state index in [9.17, 15) is 9.90 Å². The van der Waals surface area contributed by atoms with Gasteiger partial charge >= 0.3 is 0 Å². The number of aromatic nitrogens is 1. The van der Waals surface area contributed by atoms with Gasteiger partial charge in [0.1, 0.15) is 0 Å². The third-order valence-corrected chi connectivity index (χ3v) is 7.17.